The van der Waals surface area contributed by atoms with Crippen LogP contribution in [0.3, 0.4) is 0 Å². The summed E-state index contributed by atoms with van der Waals surface area (Å²) in [4.78, 5) is 10.5. The summed E-state index contributed by atoms with van der Waals surface area (Å²) in [6, 6.07) is 6.48. The SMILES string of the molecule is C[C@H](NS(=O)(=O)c1ccccc1)C(=O)O. The lowest BCUT2D eigenvalue weighted by molar-refractivity contribution is -0.138. The molecule has 0 radical (unpaired) electrons. The Hall–Kier alpha value is -1.40. The van der Waals surface area contributed by atoms with Crippen molar-refractivity contribution in [3.8, 4) is 0 Å². The van der Waals surface area contributed by atoms with Gasteiger partial charge in [-0.1, -0.05) is 18.2 Å². The first-order chi connectivity index (χ1) is 6.93. The molecular weight excluding hydrogens is 218 g/mol. The molecule has 5 nitrogen and oxygen atoms in total. The number of sulfonamides is 1. The highest BCUT2D eigenvalue weighted by Gasteiger charge is 2.20. The van der Waals surface area contributed by atoms with Crippen LogP contribution in [0.1, 0.15) is 6.92 Å². The zero-order chi connectivity index (χ0) is 11.5. The molecule has 1 rings (SSSR count). The van der Waals surface area contributed by atoms with E-state index in [1.807, 2.05) is 4.72 Å². The lowest BCUT2D eigenvalue weighted by Gasteiger charge is -2.09. The summed E-state index contributed by atoms with van der Waals surface area (Å²) in [6.45, 7) is 1.27. The van der Waals surface area contributed by atoms with Gasteiger partial charge in [0.1, 0.15) is 6.04 Å². The van der Waals surface area contributed by atoms with Crippen LogP contribution in [0.2, 0.25) is 0 Å². The maximum absolute atomic E-state index is 11.6. The molecule has 0 unspecified atom stereocenters. The fraction of sp³-hybridized carbons (Fsp3) is 0.222. The molecule has 1 atom stereocenters. The quantitative estimate of drug-likeness (QED) is 0.784. The Kier molecular flexibility index (Phi) is 3.43. The number of carboxylic acids is 1. The highest BCUT2D eigenvalue weighted by molar-refractivity contribution is 7.89. The number of hydrogen-bond donors (Lipinski definition) is 2. The van der Waals surface area contributed by atoms with E-state index >= 15 is 0 Å². The molecule has 0 saturated heterocycles. The molecule has 0 aliphatic rings. The van der Waals surface area contributed by atoms with Crippen LogP contribution in [0, 0.1) is 0 Å². The van der Waals surface area contributed by atoms with Gasteiger partial charge in [0.2, 0.25) is 10.0 Å². The van der Waals surface area contributed by atoms with Gasteiger partial charge in [-0.05, 0) is 19.1 Å². The molecule has 1 aromatic rings. The second-order valence-electron chi connectivity index (χ2n) is 2.99. The third-order valence-electron chi connectivity index (χ3n) is 1.76. The predicted octanol–water partition coefficient (Wildman–Crippen LogP) is 0.438. The van der Waals surface area contributed by atoms with Gasteiger partial charge in [0.15, 0.2) is 0 Å². The molecular formula is C9H11NO4S. The van der Waals surface area contributed by atoms with E-state index in [2.05, 4.69) is 0 Å². The Labute approximate surface area is 87.8 Å². The van der Waals surface area contributed by atoms with Crippen LogP contribution in [0.25, 0.3) is 0 Å². The number of aliphatic carboxylic acids is 1. The summed E-state index contributed by atoms with van der Waals surface area (Å²) in [6.07, 6.45) is 0. The predicted molar refractivity (Wildman–Crippen MR) is 53.9 cm³/mol. The van der Waals surface area contributed by atoms with E-state index in [4.69, 9.17) is 5.11 Å². The Morgan fingerprint density at radius 3 is 2.33 bits per heavy atom. The molecule has 6 heteroatoms. The Bertz CT molecular complexity index is 440. The van der Waals surface area contributed by atoms with Gasteiger partial charge in [-0.25, -0.2) is 8.42 Å². The third-order valence-corrected chi connectivity index (χ3v) is 3.31. The molecule has 2 N–H and O–H groups in total. The summed E-state index contributed by atoms with van der Waals surface area (Å²) in [5.74, 6) is -1.21. The molecule has 0 heterocycles. The Balaban J connectivity index is 2.91. The molecule has 0 spiro atoms. The molecule has 82 valence electrons. The highest BCUT2D eigenvalue weighted by Crippen LogP contribution is 2.07. The van der Waals surface area contributed by atoms with Crippen molar-refractivity contribution in [2.45, 2.75) is 17.9 Å². The van der Waals surface area contributed by atoms with Gasteiger partial charge in [0.25, 0.3) is 0 Å². The fourth-order valence-corrected chi connectivity index (χ4v) is 2.17. The minimum absolute atomic E-state index is 0.0538. The monoisotopic (exact) mass is 229 g/mol. The number of carbonyl (C=O) groups is 1. The lowest BCUT2D eigenvalue weighted by Crippen LogP contribution is -2.38. The second-order valence-corrected chi connectivity index (χ2v) is 4.71. The normalized spacial score (nSPS) is 13.4. The topological polar surface area (TPSA) is 83.5 Å². The average Bonchev–Trinajstić information content (AvgIpc) is 2.18. The number of hydrogen-bond acceptors (Lipinski definition) is 3. The first-order valence-electron chi connectivity index (χ1n) is 4.23. The van der Waals surface area contributed by atoms with E-state index in [0.29, 0.717) is 0 Å². The third kappa shape index (κ3) is 3.03. The Morgan fingerprint density at radius 2 is 1.87 bits per heavy atom. The van der Waals surface area contributed by atoms with Crippen molar-refractivity contribution in [2.24, 2.45) is 0 Å². The van der Waals surface area contributed by atoms with Crippen molar-refractivity contribution < 1.29 is 18.3 Å². The summed E-state index contributed by atoms with van der Waals surface area (Å²) in [7, 11) is -3.74. The molecule has 0 saturated carbocycles. The van der Waals surface area contributed by atoms with Gasteiger partial charge < -0.3 is 5.11 Å². The number of benzene rings is 1. The minimum atomic E-state index is -3.74. The van der Waals surface area contributed by atoms with Crippen LogP contribution >= 0.6 is 0 Å². The van der Waals surface area contributed by atoms with Crippen LogP contribution < -0.4 is 4.72 Å². The van der Waals surface area contributed by atoms with Crippen molar-refractivity contribution in [2.75, 3.05) is 0 Å². The first kappa shape index (κ1) is 11.7. The molecule has 0 aliphatic carbocycles. The van der Waals surface area contributed by atoms with Gasteiger partial charge in [-0.3, -0.25) is 4.79 Å². The van der Waals surface area contributed by atoms with Crippen LogP contribution in [-0.4, -0.2) is 25.5 Å². The zero-order valence-corrected chi connectivity index (χ0v) is 8.86. The number of carboxylic acid groups (broad SMARTS) is 1. The van der Waals surface area contributed by atoms with E-state index in [1.54, 1.807) is 18.2 Å². The molecule has 15 heavy (non-hydrogen) atoms. The van der Waals surface area contributed by atoms with E-state index < -0.39 is 22.0 Å². The standard InChI is InChI=1S/C9H11NO4S/c1-7(9(11)12)10-15(13,14)8-5-3-2-4-6-8/h2-7,10H,1H3,(H,11,12)/t7-/m0/s1. The van der Waals surface area contributed by atoms with Crippen LogP contribution in [0.4, 0.5) is 0 Å². The smallest absolute Gasteiger partial charge is 0.321 e. The van der Waals surface area contributed by atoms with Gasteiger partial charge >= 0.3 is 5.97 Å². The summed E-state index contributed by atoms with van der Waals surface area (Å²) in [5, 5.41) is 8.57. The van der Waals surface area contributed by atoms with E-state index in [9.17, 15) is 13.2 Å². The summed E-state index contributed by atoms with van der Waals surface area (Å²) >= 11 is 0. The molecule has 0 aliphatic heterocycles. The molecule has 1 aromatic carbocycles. The van der Waals surface area contributed by atoms with E-state index in [-0.39, 0.29) is 4.90 Å². The van der Waals surface area contributed by atoms with E-state index in [1.165, 1.54) is 19.1 Å². The fourth-order valence-electron chi connectivity index (χ4n) is 0.951. The van der Waals surface area contributed by atoms with Gasteiger partial charge in [0.05, 0.1) is 4.90 Å². The maximum atomic E-state index is 11.6. The molecule has 0 amide bonds. The molecule has 0 fully saturated rings. The van der Waals surface area contributed by atoms with Crippen LogP contribution in [-0.2, 0) is 14.8 Å². The molecule has 0 aromatic heterocycles. The summed E-state index contributed by atoms with van der Waals surface area (Å²) < 4.78 is 25.2. The second kappa shape index (κ2) is 4.41. The Morgan fingerprint density at radius 1 is 1.33 bits per heavy atom. The van der Waals surface area contributed by atoms with Crippen molar-refractivity contribution in [1.29, 1.82) is 0 Å². The van der Waals surface area contributed by atoms with Gasteiger partial charge in [-0.15, -0.1) is 0 Å². The van der Waals surface area contributed by atoms with E-state index in [0.717, 1.165) is 0 Å². The minimum Gasteiger partial charge on any atom is -0.480 e. The average molecular weight is 229 g/mol. The zero-order valence-electron chi connectivity index (χ0n) is 8.04. The lowest BCUT2D eigenvalue weighted by atomic mass is 10.4. The van der Waals surface area contributed by atoms with Crippen molar-refractivity contribution in [1.82, 2.24) is 4.72 Å². The summed E-state index contributed by atoms with van der Waals surface area (Å²) in [5.41, 5.74) is 0. The van der Waals surface area contributed by atoms with Crippen LogP contribution in [0.5, 0.6) is 0 Å². The van der Waals surface area contributed by atoms with Crippen molar-refractivity contribution >= 4 is 16.0 Å². The molecule has 0 bridgehead atoms. The number of rotatable bonds is 4. The van der Waals surface area contributed by atoms with Gasteiger partial charge in [-0.2, -0.15) is 4.72 Å². The largest absolute Gasteiger partial charge is 0.480 e. The van der Waals surface area contributed by atoms with Gasteiger partial charge in [0, 0.05) is 0 Å². The van der Waals surface area contributed by atoms with Crippen molar-refractivity contribution in [3.05, 3.63) is 30.3 Å². The number of nitrogens with one attached hydrogen (secondary N) is 1. The van der Waals surface area contributed by atoms with Crippen LogP contribution in [0.15, 0.2) is 35.2 Å². The van der Waals surface area contributed by atoms with Crippen molar-refractivity contribution in [3.63, 3.8) is 0 Å². The maximum Gasteiger partial charge on any atom is 0.321 e. The highest BCUT2D eigenvalue weighted by atomic mass is 32.2. The first-order valence-corrected chi connectivity index (χ1v) is 5.72.